The van der Waals surface area contributed by atoms with Crippen LogP contribution < -0.4 is 10.5 Å². The highest BCUT2D eigenvalue weighted by Gasteiger charge is 2.31. The summed E-state index contributed by atoms with van der Waals surface area (Å²) in [5, 5.41) is 10.9. The van der Waals surface area contributed by atoms with Gasteiger partial charge in [-0.1, -0.05) is 6.07 Å². The average molecular weight is 474 g/mol. The van der Waals surface area contributed by atoms with Crippen molar-refractivity contribution in [2.45, 2.75) is 18.7 Å². The Bertz CT molecular complexity index is 1400. The van der Waals surface area contributed by atoms with Crippen LogP contribution in [0, 0.1) is 11.6 Å². The van der Waals surface area contributed by atoms with Gasteiger partial charge in [-0.2, -0.15) is 13.2 Å². The number of hydrogen-bond donors (Lipinski definition) is 2. The van der Waals surface area contributed by atoms with Crippen LogP contribution in [0.5, 0.6) is 5.75 Å². The van der Waals surface area contributed by atoms with Gasteiger partial charge >= 0.3 is 6.18 Å². The molecule has 9 heteroatoms. The van der Waals surface area contributed by atoms with Crippen molar-refractivity contribution >= 4 is 33.1 Å². The molecule has 0 radical (unpaired) electrons. The molecule has 1 unspecified atom stereocenters. The van der Waals surface area contributed by atoms with E-state index in [1.54, 1.807) is 24.3 Å². The number of nitrogens with two attached hydrogens (primary N) is 1. The predicted molar refractivity (Wildman–Crippen MR) is 120 cm³/mol. The van der Waals surface area contributed by atoms with Crippen molar-refractivity contribution in [3.8, 4) is 5.75 Å². The number of methoxy groups -OCH3 is 1. The average Bonchev–Trinajstić information content (AvgIpc) is 2.78. The first kappa shape index (κ1) is 23.4. The summed E-state index contributed by atoms with van der Waals surface area (Å²) in [4.78, 5) is 4.22. The molecule has 0 aliphatic heterocycles. The van der Waals surface area contributed by atoms with Gasteiger partial charge in [0.1, 0.15) is 23.2 Å². The molecule has 0 spiro atoms. The number of ether oxygens (including phenoxy) is 1. The second-order valence-electron chi connectivity index (χ2n) is 7.73. The predicted octanol–water partition coefficient (Wildman–Crippen LogP) is 6.41. The molecule has 0 saturated carbocycles. The molecule has 0 aliphatic rings. The summed E-state index contributed by atoms with van der Waals surface area (Å²) in [6.45, 7) is 0. The molecule has 4 nitrogen and oxygen atoms in total. The number of benzene rings is 4. The Morgan fingerprint density at radius 2 is 1.62 bits per heavy atom. The molecule has 1 atom stereocenters. The van der Waals surface area contributed by atoms with E-state index in [2.05, 4.69) is 4.99 Å². The van der Waals surface area contributed by atoms with Crippen LogP contribution in [0.25, 0.3) is 21.5 Å². The third-order valence-electron chi connectivity index (χ3n) is 5.45. The molecule has 0 bridgehead atoms. The summed E-state index contributed by atoms with van der Waals surface area (Å²) in [7, 11) is 1.52. The minimum Gasteiger partial charge on any atom is -0.497 e. The number of nitrogens with zero attached hydrogens (tertiary/aromatic N) is 1. The van der Waals surface area contributed by atoms with Crippen molar-refractivity contribution in [3.63, 3.8) is 0 Å². The smallest absolute Gasteiger partial charge is 0.416 e. The number of rotatable bonds is 5. The summed E-state index contributed by atoms with van der Waals surface area (Å²) >= 11 is 0. The lowest BCUT2D eigenvalue weighted by Gasteiger charge is -2.17. The van der Waals surface area contributed by atoms with Gasteiger partial charge in [0.2, 0.25) is 0 Å². The summed E-state index contributed by atoms with van der Waals surface area (Å²) in [5.41, 5.74) is 5.67. The van der Waals surface area contributed by atoms with E-state index < -0.39 is 29.5 Å². The third-order valence-corrected chi connectivity index (χ3v) is 5.45. The summed E-state index contributed by atoms with van der Waals surface area (Å²) in [6.07, 6.45) is -6.14. The van der Waals surface area contributed by atoms with Gasteiger partial charge in [-0.25, -0.2) is 13.8 Å². The van der Waals surface area contributed by atoms with E-state index >= 15 is 0 Å². The largest absolute Gasteiger partial charge is 0.497 e. The Kier molecular flexibility index (Phi) is 6.14. The van der Waals surface area contributed by atoms with Gasteiger partial charge in [0, 0.05) is 17.9 Å². The van der Waals surface area contributed by atoms with Crippen molar-refractivity contribution in [1.82, 2.24) is 0 Å². The molecule has 0 fully saturated rings. The molecule has 3 N–H and O–H groups in total. The van der Waals surface area contributed by atoms with Crippen molar-refractivity contribution in [2.24, 2.45) is 10.7 Å². The van der Waals surface area contributed by atoms with Gasteiger partial charge in [0.15, 0.2) is 0 Å². The van der Waals surface area contributed by atoms with Crippen LogP contribution in [0.1, 0.15) is 23.7 Å². The molecular weight excluding hydrogens is 455 g/mol. The molecule has 4 aromatic rings. The normalized spacial score (nSPS) is 13.4. The highest BCUT2D eigenvalue weighted by atomic mass is 19.4. The number of fused-ring (bicyclic) bond motifs is 3. The first-order valence-corrected chi connectivity index (χ1v) is 10.1. The minimum absolute atomic E-state index is 0.0329. The fourth-order valence-corrected chi connectivity index (χ4v) is 3.83. The van der Waals surface area contributed by atoms with Crippen LogP contribution in [0.15, 0.2) is 65.7 Å². The summed E-state index contributed by atoms with van der Waals surface area (Å²) < 4.78 is 73.5. The maximum atomic E-state index is 14.6. The number of aliphatic hydroxyl groups excluding tert-OH is 1. The van der Waals surface area contributed by atoms with Crippen molar-refractivity contribution < 1.29 is 31.8 Å². The molecule has 0 saturated heterocycles. The zero-order valence-electron chi connectivity index (χ0n) is 17.8. The van der Waals surface area contributed by atoms with Crippen molar-refractivity contribution in [2.75, 3.05) is 7.11 Å². The first-order valence-electron chi connectivity index (χ1n) is 10.1. The number of alkyl halides is 3. The van der Waals surface area contributed by atoms with E-state index in [4.69, 9.17) is 10.5 Å². The Labute approximate surface area is 191 Å². The standard InChI is InChI=1S/C25H19F5N2O2/c1-34-16-5-3-15(4-6-16)32-24(31)12-23(33)21-11-20-19(9-14(26)10-22(20)27)18-8-13(25(28,29)30)2-7-17(18)21/h2-11,23,33H,12H2,1H3,(H2,31,32). The van der Waals surface area contributed by atoms with Crippen molar-refractivity contribution in [1.29, 1.82) is 0 Å². The Morgan fingerprint density at radius 3 is 2.26 bits per heavy atom. The van der Waals surface area contributed by atoms with E-state index in [0.717, 1.165) is 18.2 Å². The SMILES string of the molecule is COc1ccc(N=C(N)CC(O)c2cc3c(F)cc(F)cc3c3cc(C(F)(F)F)ccc23)cc1. The number of hydrogen-bond acceptors (Lipinski definition) is 3. The highest BCUT2D eigenvalue weighted by molar-refractivity contribution is 6.09. The van der Waals surface area contributed by atoms with Crippen LogP contribution in [0.4, 0.5) is 27.6 Å². The molecule has 0 amide bonds. The van der Waals surface area contributed by atoms with Crippen LogP contribution in [0.3, 0.4) is 0 Å². The van der Waals surface area contributed by atoms with Gasteiger partial charge in [-0.3, -0.25) is 0 Å². The lowest BCUT2D eigenvalue weighted by atomic mass is 9.92. The summed E-state index contributed by atoms with van der Waals surface area (Å²) in [6, 6.07) is 12.4. The molecule has 176 valence electrons. The molecule has 4 rings (SSSR count). The molecule has 34 heavy (non-hydrogen) atoms. The van der Waals surface area contributed by atoms with E-state index in [1.807, 2.05) is 0 Å². The van der Waals surface area contributed by atoms with Gasteiger partial charge in [0.25, 0.3) is 0 Å². The second kappa shape index (κ2) is 8.90. The number of amidine groups is 1. The second-order valence-corrected chi connectivity index (χ2v) is 7.73. The van der Waals surface area contributed by atoms with Gasteiger partial charge in [0.05, 0.1) is 24.5 Å². The molecule has 0 aromatic heterocycles. The van der Waals surface area contributed by atoms with Gasteiger partial charge in [-0.05, 0) is 70.3 Å². The lowest BCUT2D eigenvalue weighted by molar-refractivity contribution is -0.137. The zero-order chi connectivity index (χ0) is 24.6. The number of aliphatic imine (C=N–C) groups is 1. The highest BCUT2D eigenvalue weighted by Crippen LogP contribution is 2.38. The minimum atomic E-state index is -4.66. The monoisotopic (exact) mass is 474 g/mol. The first-order chi connectivity index (χ1) is 16.1. The maximum absolute atomic E-state index is 14.6. The lowest BCUT2D eigenvalue weighted by Crippen LogP contribution is -2.16. The van der Waals surface area contributed by atoms with Crippen LogP contribution >= 0.6 is 0 Å². The van der Waals surface area contributed by atoms with E-state index in [0.29, 0.717) is 17.5 Å². The van der Waals surface area contributed by atoms with Gasteiger partial charge in [-0.15, -0.1) is 0 Å². The van der Waals surface area contributed by atoms with Gasteiger partial charge < -0.3 is 15.6 Å². The van der Waals surface area contributed by atoms with E-state index in [-0.39, 0.29) is 39.4 Å². The van der Waals surface area contributed by atoms with Crippen LogP contribution in [-0.2, 0) is 6.18 Å². The van der Waals surface area contributed by atoms with Crippen molar-refractivity contribution in [3.05, 3.63) is 83.4 Å². The number of aliphatic hydroxyl groups is 1. The van der Waals surface area contributed by atoms with E-state index in [9.17, 15) is 27.1 Å². The third kappa shape index (κ3) is 4.65. The number of halogens is 5. The topological polar surface area (TPSA) is 67.8 Å². The Morgan fingerprint density at radius 1 is 0.941 bits per heavy atom. The molecule has 0 heterocycles. The zero-order valence-corrected chi connectivity index (χ0v) is 17.8. The molecule has 4 aromatic carbocycles. The molecule has 0 aliphatic carbocycles. The summed E-state index contributed by atoms with van der Waals surface area (Å²) in [5.74, 6) is -1.20. The fraction of sp³-hybridized carbons (Fsp3) is 0.160. The van der Waals surface area contributed by atoms with E-state index in [1.165, 1.54) is 19.2 Å². The quantitative estimate of drug-likeness (QED) is 0.152. The van der Waals surface area contributed by atoms with Crippen LogP contribution in [-0.4, -0.2) is 18.1 Å². The maximum Gasteiger partial charge on any atom is 0.416 e. The Balaban J connectivity index is 1.81. The molecular formula is C25H19F5N2O2. The van der Waals surface area contributed by atoms with Crippen LogP contribution in [0.2, 0.25) is 0 Å². The Hall–Kier alpha value is -3.72. The fourth-order valence-electron chi connectivity index (χ4n) is 3.83.